The number of urea groups is 1. The van der Waals surface area contributed by atoms with E-state index in [0.717, 1.165) is 25.9 Å². The molecule has 116 valence electrons. The van der Waals surface area contributed by atoms with Crippen molar-refractivity contribution in [3.05, 3.63) is 29.3 Å². The fourth-order valence-electron chi connectivity index (χ4n) is 1.97. The maximum absolute atomic E-state index is 11.7. The predicted octanol–water partition coefficient (Wildman–Crippen LogP) is 2.63. The number of aromatic carboxylic acids is 1. The average molecular weight is 294 g/mol. The lowest BCUT2D eigenvalue weighted by Crippen LogP contribution is -2.30. The molecule has 0 aromatic heterocycles. The lowest BCUT2D eigenvalue weighted by Gasteiger charge is -2.11. The minimum atomic E-state index is -1.05. The van der Waals surface area contributed by atoms with E-state index >= 15 is 0 Å². The summed E-state index contributed by atoms with van der Waals surface area (Å²) in [6, 6.07) is 4.59. The third-order valence-electron chi connectivity index (χ3n) is 3.05. The molecule has 21 heavy (non-hydrogen) atoms. The van der Waals surface area contributed by atoms with Crippen LogP contribution >= 0.6 is 0 Å². The first-order chi connectivity index (χ1) is 10.1. The number of hydrogen-bond donors (Lipinski definition) is 3. The van der Waals surface area contributed by atoms with Gasteiger partial charge in [-0.1, -0.05) is 12.1 Å². The number of ether oxygens (including phenoxy) is 1. The first-order valence-electron chi connectivity index (χ1n) is 6.93. The molecule has 6 heteroatoms. The topological polar surface area (TPSA) is 87.7 Å². The van der Waals surface area contributed by atoms with E-state index in [1.807, 2.05) is 0 Å². The van der Waals surface area contributed by atoms with Crippen molar-refractivity contribution >= 4 is 17.7 Å². The Bertz CT molecular complexity index is 489. The molecular weight excluding hydrogens is 272 g/mol. The molecule has 0 aliphatic rings. The zero-order valence-electron chi connectivity index (χ0n) is 12.4. The maximum Gasteiger partial charge on any atom is 0.338 e. The van der Waals surface area contributed by atoms with Gasteiger partial charge in [0, 0.05) is 20.3 Å². The van der Waals surface area contributed by atoms with Gasteiger partial charge >= 0.3 is 12.0 Å². The van der Waals surface area contributed by atoms with Crippen molar-refractivity contribution in [2.45, 2.75) is 26.2 Å². The Kier molecular flexibility index (Phi) is 7.25. The van der Waals surface area contributed by atoms with Gasteiger partial charge in [-0.2, -0.15) is 0 Å². The van der Waals surface area contributed by atoms with Gasteiger partial charge in [0.25, 0.3) is 0 Å². The van der Waals surface area contributed by atoms with Crippen molar-refractivity contribution in [1.29, 1.82) is 0 Å². The second kappa shape index (κ2) is 8.97. The van der Waals surface area contributed by atoms with Gasteiger partial charge < -0.3 is 20.5 Å². The molecule has 0 saturated heterocycles. The molecule has 0 unspecified atom stereocenters. The predicted molar refractivity (Wildman–Crippen MR) is 80.9 cm³/mol. The largest absolute Gasteiger partial charge is 0.478 e. The molecule has 0 aliphatic heterocycles. The molecule has 2 amide bonds. The lowest BCUT2D eigenvalue weighted by atomic mass is 10.1. The number of methoxy groups -OCH3 is 1. The van der Waals surface area contributed by atoms with Crippen LogP contribution in [0.2, 0.25) is 0 Å². The van der Waals surface area contributed by atoms with E-state index in [-0.39, 0.29) is 5.56 Å². The van der Waals surface area contributed by atoms with Gasteiger partial charge in [-0.05, 0) is 37.8 Å². The highest BCUT2D eigenvalue weighted by Gasteiger charge is 2.14. The first-order valence-corrected chi connectivity index (χ1v) is 6.93. The highest BCUT2D eigenvalue weighted by molar-refractivity contribution is 6.01. The summed E-state index contributed by atoms with van der Waals surface area (Å²) in [7, 11) is 1.66. The van der Waals surface area contributed by atoms with Crippen LogP contribution in [-0.4, -0.2) is 37.4 Å². The van der Waals surface area contributed by atoms with Crippen molar-refractivity contribution in [3.8, 4) is 0 Å². The van der Waals surface area contributed by atoms with Crippen LogP contribution in [0.3, 0.4) is 0 Å². The molecule has 0 heterocycles. The minimum Gasteiger partial charge on any atom is -0.478 e. The monoisotopic (exact) mass is 294 g/mol. The Morgan fingerprint density at radius 1 is 1.24 bits per heavy atom. The number of carboxylic acid groups (broad SMARTS) is 1. The van der Waals surface area contributed by atoms with Gasteiger partial charge in [0.1, 0.15) is 0 Å². The summed E-state index contributed by atoms with van der Waals surface area (Å²) >= 11 is 0. The first kappa shape index (κ1) is 17.0. The SMILES string of the molecule is COCCCCCNC(=O)Nc1cccc(C)c1C(=O)O. The smallest absolute Gasteiger partial charge is 0.338 e. The quantitative estimate of drug-likeness (QED) is 0.643. The third kappa shape index (κ3) is 5.83. The Balaban J connectivity index is 2.45. The van der Waals surface area contributed by atoms with Crippen molar-refractivity contribution in [2.75, 3.05) is 25.6 Å². The minimum absolute atomic E-state index is 0.118. The summed E-state index contributed by atoms with van der Waals surface area (Å²) in [6.07, 6.45) is 2.79. The van der Waals surface area contributed by atoms with E-state index in [1.165, 1.54) is 0 Å². The molecule has 0 spiro atoms. The zero-order valence-corrected chi connectivity index (χ0v) is 12.4. The van der Waals surface area contributed by atoms with Crippen molar-refractivity contribution in [3.63, 3.8) is 0 Å². The van der Waals surface area contributed by atoms with Crippen LogP contribution in [-0.2, 0) is 4.74 Å². The van der Waals surface area contributed by atoms with E-state index in [0.29, 0.717) is 17.8 Å². The van der Waals surface area contributed by atoms with Crippen molar-refractivity contribution < 1.29 is 19.4 Å². The van der Waals surface area contributed by atoms with E-state index < -0.39 is 12.0 Å². The summed E-state index contributed by atoms with van der Waals surface area (Å²) in [5.74, 6) is -1.05. The molecule has 6 nitrogen and oxygen atoms in total. The maximum atomic E-state index is 11.7. The van der Waals surface area contributed by atoms with Crippen LogP contribution in [0.4, 0.5) is 10.5 Å². The number of carboxylic acids is 1. The van der Waals surface area contributed by atoms with Gasteiger partial charge in [-0.15, -0.1) is 0 Å². The standard InChI is InChI=1S/C15H22N2O4/c1-11-7-6-8-12(13(11)14(18)19)17-15(20)16-9-4-3-5-10-21-2/h6-8H,3-5,9-10H2,1-2H3,(H,18,19)(H2,16,17,20). The number of hydrogen-bond acceptors (Lipinski definition) is 3. The van der Waals surface area contributed by atoms with Gasteiger partial charge in [0.15, 0.2) is 0 Å². The summed E-state index contributed by atoms with van der Waals surface area (Å²) in [4.78, 5) is 22.9. The summed E-state index contributed by atoms with van der Waals surface area (Å²) in [5.41, 5.74) is 1.03. The van der Waals surface area contributed by atoms with Crippen molar-refractivity contribution in [2.24, 2.45) is 0 Å². The number of benzene rings is 1. The molecule has 1 aromatic rings. The highest BCUT2D eigenvalue weighted by atomic mass is 16.5. The number of rotatable bonds is 8. The zero-order chi connectivity index (χ0) is 15.7. The molecular formula is C15H22N2O4. The lowest BCUT2D eigenvalue weighted by molar-refractivity contribution is 0.0697. The second-order valence-electron chi connectivity index (χ2n) is 4.74. The van der Waals surface area contributed by atoms with Crippen LogP contribution < -0.4 is 10.6 Å². The fraction of sp³-hybridized carbons (Fsp3) is 0.467. The molecule has 0 aliphatic carbocycles. The Morgan fingerprint density at radius 3 is 2.67 bits per heavy atom. The molecule has 1 aromatic carbocycles. The molecule has 3 N–H and O–H groups in total. The van der Waals surface area contributed by atoms with Crippen LogP contribution in [0.25, 0.3) is 0 Å². The van der Waals surface area contributed by atoms with Crippen LogP contribution in [0.5, 0.6) is 0 Å². The van der Waals surface area contributed by atoms with Gasteiger partial charge in [-0.3, -0.25) is 0 Å². The molecule has 0 atom stereocenters. The number of nitrogens with one attached hydrogen (secondary N) is 2. The molecule has 0 saturated carbocycles. The fourth-order valence-corrected chi connectivity index (χ4v) is 1.97. The van der Waals surface area contributed by atoms with Gasteiger partial charge in [-0.25, -0.2) is 9.59 Å². The van der Waals surface area contributed by atoms with Crippen LogP contribution in [0.15, 0.2) is 18.2 Å². The normalized spacial score (nSPS) is 10.2. The molecule has 0 radical (unpaired) electrons. The summed E-state index contributed by atoms with van der Waals surface area (Å²) in [6.45, 7) is 2.96. The Hall–Kier alpha value is -2.08. The number of unbranched alkanes of at least 4 members (excludes halogenated alkanes) is 2. The highest BCUT2D eigenvalue weighted by Crippen LogP contribution is 2.19. The van der Waals surface area contributed by atoms with Crippen LogP contribution in [0.1, 0.15) is 35.2 Å². The number of carbonyl (C=O) groups is 2. The van der Waals surface area contributed by atoms with Gasteiger partial charge in [0.05, 0.1) is 11.3 Å². The number of carbonyl (C=O) groups excluding carboxylic acids is 1. The van der Waals surface area contributed by atoms with E-state index in [2.05, 4.69) is 10.6 Å². The van der Waals surface area contributed by atoms with E-state index in [4.69, 9.17) is 4.74 Å². The Labute approximate surface area is 124 Å². The number of aryl methyl sites for hydroxylation is 1. The third-order valence-corrected chi connectivity index (χ3v) is 3.05. The average Bonchev–Trinajstić information content (AvgIpc) is 2.42. The number of anilines is 1. The molecule has 0 bridgehead atoms. The molecule has 0 fully saturated rings. The number of amides is 2. The summed E-state index contributed by atoms with van der Waals surface area (Å²) < 4.78 is 4.94. The van der Waals surface area contributed by atoms with Crippen molar-refractivity contribution in [1.82, 2.24) is 5.32 Å². The Morgan fingerprint density at radius 2 is 2.00 bits per heavy atom. The van der Waals surface area contributed by atoms with E-state index in [1.54, 1.807) is 32.2 Å². The van der Waals surface area contributed by atoms with Gasteiger partial charge in [0.2, 0.25) is 0 Å². The second-order valence-corrected chi connectivity index (χ2v) is 4.74. The van der Waals surface area contributed by atoms with E-state index in [9.17, 15) is 14.7 Å². The summed E-state index contributed by atoms with van der Waals surface area (Å²) in [5, 5.41) is 14.5. The molecule has 1 rings (SSSR count). The van der Waals surface area contributed by atoms with Crippen LogP contribution in [0, 0.1) is 6.92 Å².